The second kappa shape index (κ2) is 6.61. The van der Waals surface area contributed by atoms with E-state index in [0.717, 1.165) is 15.1 Å². The molecule has 1 aromatic heterocycles. The lowest BCUT2D eigenvalue weighted by molar-refractivity contribution is -0.138. The molecule has 94 valence electrons. The van der Waals surface area contributed by atoms with Crippen molar-refractivity contribution in [1.82, 2.24) is 10.6 Å². The molecule has 1 unspecified atom stereocenters. The number of aliphatic carboxylic acids is 1. The van der Waals surface area contributed by atoms with E-state index in [1.165, 1.54) is 6.92 Å². The van der Waals surface area contributed by atoms with Crippen molar-refractivity contribution >= 4 is 39.3 Å². The highest BCUT2D eigenvalue weighted by Crippen LogP contribution is 2.21. The highest BCUT2D eigenvalue weighted by atomic mass is 79.9. The van der Waals surface area contributed by atoms with Crippen LogP contribution in [0.4, 0.5) is 4.79 Å². The standard InChI is InChI=1S/C10H13BrN2O3S/c1-6(9(14)15)13-10(16)12-5-4-7-2-3-8(11)17-7/h2-3,6H,4-5H2,1H3,(H,14,15)(H2,12,13,16). The van der Waals surface area contributed by atoms with Crippen molar-refractivity contribution in [1.29, 1.82) is 0 Å². The maximum absolute atomic E-state index is 11.3. The summed E-state index contributed by atoms with van der Waals surface area (Å²) in [5.74, 6) is -1.05. The molecule has 1 heterocycles. The number of hydrogen-bond acceptors (Lipinski definition) is 3. The minimum Gasteiger partial charge on any atom is -0.480 e. The molecule has 1 atom stereocenters. The van der Waals surface area contributed by atoms with Crippen LogP contribution in [0.15, 0.2) is 15.9 Å². The molecule has 0 spiro atoms. The first-order chi connectivity index (χ1) is 7.99. The summed E-state index contributed by atoms with van der Waals surface area (Å²) in [6.45, 7) is 1.89. The van der Waals surface area contributed by atoms with Crippen molar-refractivity contribution in [2.45, 2.75) is 19.4 Å². The lowest BCUT2D eigenvalue weighted by atomic mass is 10.3. The van der Waals surface area contributed by atoms with Crippen LogP contribution in [-0.2, 0) is 11.2 Å². The third-order valence-corrected chi connectivity index (χ3v) is 3.69. The van der Waals surface area contributed by atoms with Crippen LogP contribution in [0.25, 0.3) is 0 Å². The van der Waals surface area contributed by atoms with Gasteiger partial charge in [-0.2, -0.15) is 0 Å². The summed E-state index contributed by atoms with van der Waals surface area (Å²) in [6.07, 6.45) is 0.727. The predicted molar refractivity (Wildman–Crippen MR) is 69.4 cm³/mol. The largest absolute Gasteiger partial charge is 0.480 e. The van der Waals surface area contributed by atoms with Crippen LogP contribution in [0.1, 0.15) is 11.8 Å². The Bertz CT molecular complexity index is 408. The third kappa shape index (κ3) is 5.18. The minimum atomic E-state index is -1.05. The fourth-order valence-corrected chi connectivity index (χ4v) is 2.58. The molecule has 2 amide bonds. The molecule has 1 rings (SSSR count). The monoisotopic (exact) mass is 320 g/mol. The Kier molecular flexibility index (Phi) is 5.43. The van der Waals surface area contributed by atoms with Gasteiger partial charge in [0, 0.05) is 11.4 Å². The second-order valence-corrected chi connectivity index (χ2v) is 5.96. The van der Waals surface area contributed by atoms with Gasteiger partial charge in [-0.1, -0.05) is 0 Å². The number of carboxylic acids is 1. The van der Waals surface area contributed by atoms with Crippen molar-refractivity contribution in [2.24, 2.45) is 0 Å². The SMILES string of the molecule is CC(NC(=O)NCCc1ccc(Br)s1)C(=O)O. The summed E-state index contributed by atoms with van der Waals surface area (Å²) < 4.78 is 1.05. The molecule has 17 heavy (non-hydrogen) atoms. The third-order valence-electron chi connectivity index (χ3n) is 2.00. The normalized spacial score (nSPS) is 11.9. The Hall–Kier alpha value is -1.08. The number of carbonyl (C=O) groups is 2. The van der Waals surface area contributed by atoms with Crippen molar-refractivity contribution in [3.8, 4) is 0 Å². The molecule has 0 fully saturated rings. The summed E-state index contributed by atoms with van der Waals surface area (Å²) in [5, 5.41) is 13.5. The van der Waals surface area contributed by atoms with Gasteiger partial charge in [0.2, 0.25) is 0 Å². The summed E-state index contributed by atoms with van der Waals surface area (Å²) in [6, 6.07) is 2.59. The molecule has 0 bridgehead atoms. The van der Waals surface area contributed by atoms with Gasteiger partial charge in [0.1, 0.15) is 6.04 Å². The number of thiophene rings is 1. The van der Waals surface area contributed by atoms with E-state index in [1.54, 1.807) is 11.3 Å². The van der Waals surface area contributed by atoms with E-state index in [9.17, 15) is 9.59 Å². The smallest absolute Gasteiger partial charge is 0.325 e. The number of urea groups is 1. The van der Waals surface area contributed by atoms with Crippen LogP contribution in [0, 0.1) is 0 Å². The molecule has 0 aliphatic heterocycles. The topological polar surface area (TPSA) is 78.4 Å². The molecule has 0 radical (unpaired) electrons. The van der Waals surface area contributed by atoms with Crippen molar-refractivity contribution in [3.63, 3.8) is 0 Å². The average Bonchev–Trinajstić information content (AvgIpc) is 2.64. The van der Waals surface area contributed by atoms with Crippen LogP contribution in [0.5, 0.6) is 0 Å². The quantitative estimate of drug-likeness (QED) is 0.774. The summed E-state index contributed by atoms with van der Waals surface area (Å²) in [4.78, 5) is 22.9. The maximum atomic E-state index is 11.3. The van der Waals surface area contributed by atoms with E-state index in [1.807, 2.05) is 12.1 Å². The van der Waals surface area contributed by atoms with E-state index < -0.39 is 18.0 Å². The first-order valence-corrected chi connectivity index (χ1v) is 6.61. The molecular weight excluding hydrogens is 308 g/mol. The maximum Gasteiger partial charge on any atom is 0.325 e. The molecule has 5 nitrogen and oxygen atoms in total. The Balaban J connectivity index is 2.22. The summed E-state index contributed by atoms with van der Waals surface area (Å²) in [5.41, 5.74) is 0. The number of hydrogen-bond donors (Lipinski definition) is 3. The zero-order valence-corrected chi connectivity index (χ0v) is 11.6. The molecule has 0 saturated carbocycles. The molecule has 7 heteroatoms. The Morgan fingerprint density at radius 3 is 2.76 bits per heavy atom. The molecular formula is C10H13BrN2O3S. The molecule has 0 aliphatic rings. The first kappa shape index (κ1) is 14.0. The van der Waals surface area contributed by atoms with Gasteiger partial charge in [0.05, 0.1) is 3.79 Å². The van der Waals surface area contributed by atoms with Crippen molar-refractivity contribution < 1.29 is 14.7 Å². The van der Waals surface area contributed by atoms with Crippen LogP contribution in [0.3, 0.4) is 0 Å². The minimum absolute atomic E-state index is 0.462. The number of rotatable bonds is 5. The number of carbonyl (C=O) groups excluding carboxylic acids is 1. The lowest BCUT2D eigenvalue weighted by Crippen LogP contribution is -2.44. The molecule has 0 saturated heterocycles. The van der Waals surface area contributed by atoms with Gasteiger partial charge in [0.25, 0.3) is 0 Å². The zero-order chi connectivity index (χ0) is 12.8. The van der Waals surface area contributed by atoms with Crippen molar-refractivity contribution in [3.05, 3.63) is 20.8 Å². The van der Waals surface area contributed by atoms with Gasteiger partial charge < -0.3 is 15.7 Å². The number of amides is 2. The van der Waals surface area contributed by atoms with Crippen LogP contribution >= 0.6 is 27.3 Å². The molecule has 0 aliphatic carbocycles. The Labute approximate surface area is 111 Å². The van der Waals surface area contributed by atoms with Crippen LogP contribution < -0.4 is 10.6 Å². The van der Waals surface area contributed by atoms with Crippen molar-refractivity contribution in [2.75, 3.05) is 6.54 Å². The molecule has 0 aromatic carbocycles. The zero-order valence-electron chi connectivity index (χ0n) is 9.20. The lowest BCUT2D eigenvalue weighted by Gasteiger charge is -2.10. The van der Waals surface area contributed by atoms with Crippen LogP contribution in [-0.4, -0.2) is 29.7 Å². The van der Waals surface area contributed by atoms with E-state index >= 15 is 0 Å². The van der Waals surface area contributed by atoms with E-state index in [-0.39, 0.29) is 0 Å². The van der Waals surface area contributed by atoms with E-state index in [4.69, 9.17) is 5.11 Å². The highest BCUT2D eigenvalue weighted by Gasteiger charge is 2.12. The second-order valence-electron chi connectivity index (χ2n) is 3.42. The van der Waals surface area contributed by atoms with Gasteiger partial charge in [-0.3, -0.25) is 4.79 Å². The van der Waals surface area contributed by atoms with Crippen LogP contribution in [0.2, 0.25) is 0 Å². The summed E-state index contributed by atoms with van der Waals surface area (Å²) >= 11 is 4.96. The van der Waals surface area contributed by atoms with Gasteiger partial charge in [-0.05, 0) is 41.4 Å². The van der Waals surface area contributed by atoms with E-state index in [0.29, 0.717) is 6.54 Å². The average molecular weight is 321 g/mol. The van der Waals surface area contributed by atoms with Gasteiger partial charge in [-0.15, -0.1) is 11.3 Å². The van der Waals surface area contributed by atoms with Gasteiger partial charge in [-0.25, -0.2) is 4.79 Å². The number of nitrogens with one attached hydrogen (secondary N) is 2. The van der Waals surface area contributed by atoms with E-state index in [2.05, 4.69) is 26.6 Å². The van der Waals surface area contributed by atoms with Gasteiger partial charge >= 0.3 is 12.0 Å². The Morgan fingerprint density at radius 1 is 1.53 bits per heavy atom. The fourth-order valence-electron chi connectivity index (χ4n) is 1.09. The Morgan fingerprint density at radius 2 is 2.24 bits per heavy atom. The fraction of sp³-hybridized carbons (Fsp3) is 0.400. The highest BCUT2D eigenvalue weighted by molar-refractivity contribution is 9.11. The number of carboxylic acid groups (broad SMARTS) is 1. The predicted octanol–water partition coefficient (Wildman–Crippen LogP) is 1.83. The molecule has 1 aromatic rings. The first-order valence-electron chi connectivity index (χ1n) is 5.00. The molecule has 3 N–H and O–H groups in total. The van der Waals surface area contributed by atoms with Gasteiger partial charge in [0.15, 0.2) is 0 Å². The summed E-state index contributed by atoms with van der Waals surface area (Å²) in [7, 11) is 0. The number of halogens is 1.